The lowest BCUT2D eigenvalue weighted by molar-refractivity contribution is -0.315. The lowest BCUT2D eigenvalue weighted by atomic mass is 9.99. The van der Waals surface area contributed by atoms with E-state index in [2.05, 4.69) is 86.8 Å². The fraction of sp³-hybridized carbons (Fsp3) is 0.708. The van der Waals surface area contributed by atoms with Crippen LogP contribution in [0.25, 0.3) is 0 Å². The van der Waals surface area contributed by atoms with Gasteiger partial charge in [-0.2, -0.15) is 0 Å². The van der Waals surface area contributed by atoms with Gasteiger partial charge >= 0.3 is 11.9 Å². The lowest BCUT2D eigenvalue weighted by Gasteiger charge is -2.42. The predicted molar refractivity (Wildman–Crippen MR) is 236 cm³/mol. The number of carbonyl (C=O) groups excluding carboxylic acids is 2. The van der Waals surface area contributed by atoms with E-state index in [4.69, 9.17) is 23.7 Å². The molecule has 0 aromatic rings. The monoisotopic (exact) mass is 849 g/mol. The standard InChI is InChI=1S/C48H80O12/c1-3-5-7-9-11-13-15-17-19-21-23-25-27-29-31-33-43(52)56-38-41(39-58-48-47(57-37-40(51)35-49)46(55)45(54)42(36-50)60-48)59-44(53)34-32-30-28-26-24-22-20-18-16-14-12-10-8-6-4-2/h5-8,11-14,17-20,40-42,45-51,54-55H,3-4,9-10,15-16,21-39H2,1-2H3/t40?,41?,42-,45+,46+,47-,48?/m1/s1. The third kappa shape index (κ3) is 29.3. The van der Waals surface area contributed by atoms with Crippen molar-refractivity contribution in [3.8, 4) is 0 Å². The van der Waals surface area contributed by atoms with Crippen LogP contribution in [-0.2, 0) is 33.3 Å². The largest absolute Gasteiger partial charge is 0.462 e. The van der Waals surface area contributed by atoms with Crippen LogP contribution in [0.4, 0.5) is 0 Å². The number of esters is 2. The van der Waals surface area contributed by atoms with Gasteiger partial charge in [0.25, 0.3) is 0 Å². The number of hydrogen-bond acceptors (Lipinski definition) is 12. The van der Waals surface area contributed by atoms with Gasteiger partial charge in [0, 0.05) is 12.8 Å². The Morgan fingerprint density at radius 2 is 1.07 bits per heavy atom. The van der Waals surface area contributed by atoms with Gasteiger partial charge in [-0.1, -0.05) is 125 Å². The average Bonchev–Trinajstić information content (AvgIpc) is 3.25. The molecule has 0 aliphatic carbocycles. The fourth-order valence-corrected chi connectivity index (χ4v) is 6.24. The molecule has 0 bridgehead atoms. The molecule has 0 aromatic carbocycles. The molecular weight excluding hydrogens is 769 g/mol. The summed E-state index contributed by atoms with van der Waals surface area (Å²) in [6.07, 6.45) is 34.8. The second-order valence-electron chi connectivity index (χ2n) is 15.2. The minimum atomic E-state index is -1.57. The van der Waals surface area contributed by atoms with Gasteiger partial charge in [0.2, 0.25) is 0 Å². The smallest absolute Gasteiger partial charge is 0.306 e. The first-order chi connectivity index (χ1) is 29.3. The normalized spacial score (nSPS) is 21.1. The predicted octanol–water partition coefficient (Wildman–Crippen LogP) is 7.81. The van der Waals surface area contributed by atoms with Gasteiger partial charge in [-0.05, 0) is 77.0 Å². The molecule has 5 N–H and O–H groups in total. The Bertz CT molecular complexity index is 1230. The van der Waals surface area contributed by atoms with Gasteiger partial charge in [0.1, 0.15) is 37.1 Å². The van der Waals surface area contributed by atoms with E-state index in [-0.39, 0.29) is 26.1 Å². The van der Waals surface area contributed by atoms with E-state index < -0.39 is 74.7 Å². The number of carbonyl (C=O) groups is 2. The third-order valence-corrected chi connectivity index (χ3v) is 9.75. The molecule has 0 saturated carbocycles. The van der Waals surface area contributed by atoms with Crippen LogP contribution in [0.3, 0.4) is 0 Å². The maximum atomic E-state index is 12.9. The van der Waals surface area contributed by atoms with Crippen LogP contribution < -0.4 is 0 Å². The number of rotatable bonds is 37. The van der Waals surface area contributed by atoms with Crippen molar-refractivity contribution in [3.63, 3.8) is 0 Å². The first-order valence-corrected chi connectivity index (χ1v) is 22.7. The summed E-state index contributed by atoms with van der Waals surface area (Å²) in [7, 11) is 0. The highest BCUT2D eigenvalue weighted by Crippen LogP contribution is 2.25. The van der Waals surface area contributed by atoms with Crippen molar-refractivity contribution >= 4 is 11.9 Å². The number of hydrogen-bond donors (Lipinski definition) is 5. The number of aliphatic hydroxyl groups is 5. The second kappa shape index (κ2) is 38.9. The SMILES string of the molecule is CCC=CCC=CCC=CCCCCCCCC(=O)OCC(COC1O[C@H](CO)[C@H](O)[C@H](O)[C@H]1OCC(O)CO)OC(=O)CCCCCCCC=CCC=CCC=CCC. The Morgan fingerprint density at radius 3 is 1.58 bits per heavy atom. The van der Waals surface area contributed by atoms with Crippen LogP contribution in [0.15, 0.2) is 72.9 Å². The third-order valence-electron chi connectivity index (χ3n) is 9.75. The summed E-state index contributed by atoms with van der Waals surface area (Å²) >= 11 is 0. The molecule has 0 spiro atoms. The number of aliphatic hydroxyl groups excluding tert-OH is 5. The van der Waals surface area contributed by atoms with Crippen molar-refractivity contribution in [2.24, 2.45) is 0 Å². The molecule has 1 rings (SSSR count). The molecule has 0 aromatic heterocycles. The number of unbranched alkanes of at least 4 members (excludes halogenated alkanes) is 10. The van der Waals surface area contributed by atoms with Gasteiger partial charge in [0.15, 0.2) is 12.4 Å². The van der Waals surface area contributed by atoms with E-state index in [1.165, 1.54) is 0 Å². The van der Waals surface area contributed by atoms with Crippen molar-refractivity contribution in [3.05, 3.63) is 72.9 Å². The quantitative estimate of drug-likeness (QED) is 0.0233. The van der Waals surface area contributed by atoms with E-state index in [9.17, 15) is 35.1 Å². The summed E-state index contributed by atoms with van der Waals surface area (Å²) < 4.78 is 28.3. The molecule has 7 atom stereocenters. The molecule has 12 heteroatoms. The van der Waals surface area contributed by atoms with Gasteiger partial charge in [0.05, 0.1) is 26.4 Å². The van der Waals surface area contributed by atoms with Crippen LogP contribution in [0.2, 0.25) is 0 Å². The molecule has 12 nitrogen and oxygen atoms in total. The Balaban J connectivity index is 2.58. The Kier molecular flexibility index (Phi) is 35.7. The first kappa shape index (κ1) is 55.1. The van der Waals surface area contributed by atoms with Crippen LogP contribution in [0.5, 0.6) is 0 Å². The zero-order valence-corrected chi connectivity index (χ0v) is 36.7. The van der Waals surface area contributed by atoms with Crippen LogP contribution in [0.1, 0.15) is 142 Å². The number of ether oxygens (including phenoxy) is 5. The molecule has 1 fully saturated rings. The highest BCUT2D eigenvalue weighted by molar-refractivity contribution is 5.70. The maximum Gasteiger partial charge on any atom is 0.306 e. The molecule has 1 heterocycles. The molecule has 1 aliphatic heterocycles. The summed E-state index contributed by atoms with van der Waals surface area (Å²) in [6.45, 7) is 2.06. The van der Waals surface area contributed by atoms with E-state index in [1.807, 2.05) is 0 Å². The average molecular weight is 849 g/mol. The highest BCUT2D eigenvalue weighted by Gasteiger charge is 2.46. The Morgan fingerprint density at radius 1 is 0.583 bits per heavy atom. The molecular formula is C48H80O12. The molecule has 1 aliphatic rings. The molecule has 344 valence electrons. The van der Waals surface area contributed by atoms with Gasteiger partial charge in [-0.3, -0.25) is 9.59 Å². The molecule has 0 amide bonds. The van der Waals surface area contributed by atoms with Crippen molar-refractivity contribution in [2.75, 3.05) is 33.0 Å². The zero-order valence-electron chi connectivity index (χ0n) is 36.7. The van der Waals surface area contributed by atoms with Crippen LogP contribution in [0, 0.1) is 0 Å². The van der Waals surface area contributed by atoms with Crippen molar-refractivity contribution in [1.29, 1.82) is 0 Å². The summed E-state index contributed by atoms with van der Waals surface area (Å²) in [6, 6.07) is 0. The maximum absolute atomic E-state index is 12.9. The molecule has 60 heavy (non-hydrogen) atoms. The van der Waals surface area contributed by atoms with Crippen molar-refractivity contribution < 1.29 is 58.8 Å². The summed E-state index contributed by atoms with van der Waals surface area (Å²) in [5, 5.41) is 49.8. The van der Waals surface area contributed by atoms with E-state index in [1.54, 1.807) is 0 Å². The lowest BCUT2D eigenvalue weighted by Crippen LogP contribution is -2.60. The fourth-order valence-electron chi connectivity index (χ4n) is 6.24. The van der Waals surface area contributed by atoms with Crippen molar-refractivity contribution in [1.82, 2.24) is 0 Å². The van der Waals surface area contributed by atoms with Gasteiger partial charge in [-0.25, -0.2) is 0 Å². The zero-order chi connectivity index (χ0) is 43.9. The van der Waals surface area contributed by atoms with E-state index >= 15 is 0 Å². The topological polar surface area (TPSA) is 181 Å². The first-order valence-electron chi connectivity index (χ1n) is 22.7. The van der Waals surface area contributed by atoms with Crippen molar-refractivity contribution in [2.45, 2.75) is 185 Å². The summed E-state index contributed by atoms with van der Waals surface area (Å²) in [4.78, 5) is 25.6. The Hall–Kier alpha value is -2.94. The molecule has 1 saturated heterocycles. The minimum absolute atomic E-state index is 0.177. The van der Waals surface area contributed by atoms with E-state index in [0.717, 1.165) is 103 Å². The molecule has 0 radical (unpaired) electrons. The molecule has 3 unspecified atom stereocenters. The highest BCUT2D eigenvalue weighted by atomic mass is 16.7. The van der Waals surface area contributed by atoms with Gasteiger partial charge < -0.3 is 49.2 Å². The second-order valence-corrected chi connectivity index (χ2v) is 15.2. The van der Waals surface area contributed by atoms with Gasteiger partial charge in [-0.15, -0.1) is 0 Å². The van der Waals surface area contributed by atoms with E-state index in [0.29, 0.717) is 12.8 Å². The van der Waals surface area contributed by atoms with Crippen LogP contribution in [-0.4, -0.2) is 113 Å². The summed E-state index contributed by atoms with van der Waals surface area (Å²) in [5.41, 5.74) is 0. The Labute approximate surface area is 361 Å². The summed E-state index contributed by atoms with van der Waals surface area (Å²) in [5.74, 6) is -0.894. The number of allylic oxidation sites excluding steroid dienone is 12. The van der Waals surface area contributed by atoms with Crippen LogP contribution >= 0.6 is 0 Å². The minimum Gasteiger partial charge on any atom is -0.462 e.